The fraction of sp³-hybridized carbons (Fsp3) is 1.00. The zero-order valence-corrected chi connectivity index (χ0v) is 19.3. The van der Waals surface area contributed by atoms with Crippen molar-refractivity contribution in [3.8, 4) is 0 Å². The Balaban J connectivity index is 1.54. The van der Waals surface area contributed by atoms with Crippen LogP contribution in [0, 0.1) is 40.4 Å². The summed E-state index contributed by atoms with van der Waals surface area (Å²) in [5, 5.41) is 0. The van der Waals surface area contributed by atoms with Crippen molar-refractivity contribution in [2.75, 3.05) is 28.2 Å². The van der Waals surface area contributed by atoms with Gasteiger partial charge in [0.15, 0.2) is 0 Å². The lowest BCUT2D eigenvalue weighted by atomic mass is 9.44. The average molecular weight is 375 g/mol. The van der Waals surface area contributed by atoms with Crippen LogP contribution in [0.1, 0.15) is 78.6 Å². The van der Waals surface area contributed by atoms with Gasteiger partial charge in [-0.3, -0.25) is 0 Å². The van der Waals surface area contributed by atoms with Gasteiger partial charge in [-0.15, -0.1) is 0 Å². The van der Waals surface area contributed by atoms with Crippen molar-refractivity contribution < 1.29 is 0 Å². The third-order valence-electron chi connectivity index (χ3n) is 10.8. The number of nitrogens with zero attached hydrogens (tertiary/aromatic N) is 2. The minimum atomic E-state index is 0.606. The first-order chi connectivity index (χ1) is 12.7. The molecule has 0 saturated heterocycles. The SMILES string of the molecule is C[C@@H]([C@H]1CC[C@H]2[C@@H]3CC[C@H]4C[C@@H](N(C)C)CC[C@]4(C)[C@H]3CC[C@]12C)N(C)C. The van der Waals surface area contributed by atoms with Gasteiger partial charge in [0.2, 0.25) is 0 Å². The quantitative estimate of drug-likeness (QED) is 0.641. The van der Waals surface area contributed by atoms with Gasteiger partial charge in [-0.25, -0.2) is 0 Å². The Bertz CT molecular complexity index is 542. The Hall–Kier alpha value is -0.0800. The zero-order valence-electron chi connectivity index (χ0n) is 19.3. The molecule has 0 aliphatic heterocycles. The summed E-state index contributed by atoms with van der Waals surface area (Å²) in [4.78, 5) is 5.00. The fourth-order valence-electron chi connectivity index (χ4n) is 8.90. The minimum Gasteiger partial charge on any atom is -0.306 e. The molecule has 27 heavy (non-hydrogen) atoms. The van der Waals surface area contributed by atoms with Gasteiger partial charge < -0.3 is 9.80 Å². The first-order valence-corrected chi connectivity index (χ1v) is 12.0. The van der Waals surface area contributed by atoms with Crippen LogP contribution in [0.3, 0.4) is 0 Å². The van der Waals surface area contributed by atoms with Gasteiger partial charge in [-0.1, -0.05) is 13.8 Å². The zero-order chi connectivity index (χ0) is 19.6. The van der Waals surface area contributed by atoms with Crippen LogP contribution >= 0.6 is 0 Å². The number of fused-ring (bicyclic) bond motifs is 5. The predicted molar refractivity (Wildman–Crippen MR) is 116 cm³/mol. The van der Waals surface area contributed by atoms with Gasteiger partial charge >= 0.3 is 0 Å². The molecule has 4 fully saturated rings. The van der Waals surface area contributed by atoms with E-state index in [1.807, 2.05) is 0 Å². The van der Waals surface area contributed by atoms with Crippen LogP contribution in [0.2, 0.25) is 0 Å². The third-order valence-corrected chi connectivity index (χ3v) is 10.8. The highest BCUT2D eigenvalue weighted by Gasteiger charge is 2.60. The van der Waals surface area contributed by atoms with Gasteiger partial charge in [-0.05, 0) is 133 Å². The van der Waals surface area contributed by atoms with E-state index in [4.69, 9.17) is 0 Å². The Labute approximate surface area is 169 Å². The topological polar surface area (TPSA) is 6.48 Å². The maximum Gasteiger partial charge on any atom is 0.00944 e. The molecule has 4 saturated carbocycles. The Morgan fingerprint density at radius 3 is 2.11 bits per heavy atom. The molecule has 0 aromatic rings. The first kappa shape index (κ1) is 20.2. The normalized spacial score (nSPS) is 51.0. The second-order valence-corrected chi connectivity index (χ2v) is 12.0. The van der Waals surface area contributed by atoms with E-state index in [0.717, 1.165) is 41.7 Å². The molecule has 0 aromatic carbocycles. The summed E-state index contributed by atoms with van der Waals surface area (Å²) in [5.74, 6) is 4.95. The van der Waals surface area contributed by atoms with E-state index in [1.165, 1.54) is 57.8 Å². The summed E-state index contributed by atoms with van der Waals surface area (Å²) >= 11 is 0. The summed E-state index contributed by atoms with van der Waals surface area (Å²) < 4.78 is 0. The highest BCUT2D eigenvalue weighted by Crippen LogP contribution is 2.68. The number of hydrogen-bond donors (Lipinski definition) is 0. The van der Waals surface area contributed by atoms with E-state index in [9.17, 15) is 0 Å². The van der Waals surface area contributed by atoms with Crippen LogP contribution in [-0.2, 0) is 0 Å². The lowest BCUT2D eigenvalue weighted by Gasteiger charge is -2.62. The van der Waals surface area contributed by atoms with Crippen LogP contribution in [0.4, 0.5) is 0 Å². The van der Waals surface area contributed by atoms with Gasteiger partial charge in [0.25, 0.3) is 0 Å². The van der Waals surface area contributed by atoms with E-state index in [1.54, 1.807) is 0 Å². The Kier molecular flexibility index (Phi) is 5.25. The molecular weight excluding hydrogens is 328 g/mol. The number of hydrogen-bond acceptors (Lipinski definition) is 2. The van der Waals surface area contributed by atoms with E-state index >= 15 is 0 Å². The molecule has 0 N–H and O–H groups in total. The summed E-state index contributed by atoms with van der Waals surface area (Å²) in [7, 11) is 9.19. The highest BCUT2D eigenvalue weighted by molar-refractivity contribution is 5.10. The molecule has 0 amide bonds. The number of rotatable bonds is 3. The molecule has 0 unspecified atom stereocenters. The molecule has 4 aliphatic carbocycles. The molecular formula is C25H46N2. The molecule has 0 heterocycles. The molecule has 0 aromatic heterocycles. The lowest BCUT2D eigenvalue weighted by molar-refractivity contribution is -0.122. The van der Waals surface area contributed by atoms with E-state index in [2.05, 4.69) is 58.8 Å². The molecule has 0 bridgehead atoms. The summed E-state index contributed by atoms with van der Waals surface area (Å²) in [6.07, 6.45) is 13.5. The van der Waals surface area contributed by atoms with Crippen molar-refractivity contribution in [2.45, 2.75) is 90.6 Å². The van der Waals surface area contributed by atoms with Crippen LogP contribution in [0.25, 0.3) is 0 Å². The minimum absolute atomic E-state index is 0.606. The van der Waals surface area contributed by atoms with Gasteiger partial charge in [-0.2, -0.15) is 0 Å². The van der Waals surface area contributed by atoms with Crippen molar-refractivity contribution in [1.82, 2.24) is 9.80 Å². The summed E-state index contributed by atoms with van der Waals surface area (Å²) in [6.45, 7) is 7.91. The van der Waals surface area contributed by atoms with Gasteiger partial charge in [0.05, 0.1) is 0 Å². The second kappa shape index (κ2) is 7.01. The Morgan fingerprint density at radius 2 is 1.44 bits per heavy atom. The second-order valence-electron chi connectivity index (χ2n) is 12.0. The lowest BCUT2D eigenvalue weighted by Crippen LogP contribution is -2.55. The fourth-order valence-corrected chi connectivity index (χ4v) is 8.90. The van der Waals surface area contributed by atoms with E-state index in [0.29, 0.717) is 10.8 Å². The molecule has 156 valence electrons. The summed E-state index contributed by atoms with van der Waals surface area (Å²) in [5.41, 5.74) is 1.25. The van der Waals surface area contributed by atoms with Crippen LogP contribution < -0.4 is 0 Å². The van der Waals surface area contributed by atoms with Crippen LogP contribution in [-0.4, -0.2) is 50.1 Å². The molecule has 0 radical (unpaired) electrons. The van der Waals surface area contributed by atoms with E-state index < -0.39 is 0 Å². The van der Waals surface area contributed by atoms with Crippen molar-refractivity contribution >= 4 is 0 Å². The third kappa shape index (κ3) is 3.03. The van der Waals surface area contributed by atoms with Crippen molar-refractivity contribution in [3.63, 3.8) is 0 Å². The van der Waals surface area contributed by atoms with E-state index in [-0.39, 0.29) is 0 Å². The Morgan fingerprint density at radius 1 is 0.778 bits per heavy atom. The maximum absolute atomic E-state index is 2.72. The summed E-state index contributed by atoms with van der Waals surface area (Å²) in [6, 6.07) is 1.57. The molecule has 4 aliphatic rings. The smallest absolute Gasteiger partial charge is 0.00944 e. The predicted octanol–water partition coefficient (Wildman–Crippen LogP) is 5.53. The molecule has 9 atom stereocenters. The van der Waals surface area contributed by atoms with Crippen molar-refractivity contribution in [3.05, 3.63) is 0 Å². The first-order valence-electron chi connectivity index (χ1n) is 12.0. The average Bonchev–Trinajstić information content (AvgIpc) is 2.97. The molecule has 0 spiro atoms. The van der Waals surface area contributed by atoms with Crippen molar-refractivity contribution in [1.29, 1.82) is 0 Å². The monoisotopic (exact) mass is 374 g/mol. The van der Waals surface area contributed by atoms with Gasteiger partial charge in [0.1, 0.15) is 0 Å². The van der Waals surface area contributed by atoms with Crippen molar-refractivity contribution in [2.24, 2.45) is 40.4 Å². The molecule has 2 heteroatoms. The standard InChI is InChI=1S/C25H46N2/c1-17(26(4)5)21-10-11-22-20-9-8-18-16-19(27(6)7)12-14-24(18,2)23(20)13-15-25(21,22)3/h17-23H,8-16H2,1-7H3/t17-,18-,19-,20-,21+,22-,23-,24-,25+/m0/s1. The van der Waals surface area contributed by atoms with Gasteiger partial charge in [0, 0.05) is 12.1 Å². The highest BCUT2D eigenvalue weighted by atomic mass is 15.1. The van der Waals surface area contributed by atoms with Crippen LogP contribution in [0.5, 0.6) is 0 Å². The largest absolute Gasteiger partial charge is 0.306 e. The maximum atomic E-state index is 2.72. The molecule has 2 nitrogen and oxygen atoms in total. The van der Waals surface area contributed by atoms with Crippen LogP contribution in [0.15, 0.2) is 0 Å². The molecule has 4 rings (SSSR count).